The van der Waals surface area contributed by atoms with Crippen molar-refractivity contribution in [1.29, 1.82) is 0 Å². The number of aryl methyl sites for hydroxylation is 1. The van der Waals surface area contributed by atoms with Gasteiger partial charge in [0.05, 0.1) is 11.6 Å². The fraction of sp³-hybridized carbons (Fsp3) is 0.200. The average Bonchev–Trinajstić information content (AvgIpc) is 2.34. The van der Waals surface area contributed by atoms with E-state index in [1.807, 2.05) is 38.1 Å². The number of rotatable bonds is 3. The third-order valence-electron chi connectivity index (χ3n) is 2.77. The number of benzene rings is 2. The fourth-order valence-corrected chi connectivity index (χ4v) is 2.07. The molecule has 0 saturated carbocycles. The number of hydrogen-bond donors (Lipinski definition) is 1. The Hall–Kier alpha value is -1.67. The van der Waals surface area contributed by atoms with Crippen LogP contribution in [0, 0.1) is 6.92 Å². The summed E-state index contributed by atoms with van der Waals surface area (Å²) < 4.78 is 5.45. The highest BCUT2D eigenvalue weighted by Gasteiger charge is 2.06. The Morgan fingerprint density at radius 3 is 2.56 bits per heavy atom. The van der Waals surface area contributed by atoms with E-state index in [2.05, 4.69) is 0 Å². The number of phenolic OH excluding ortho intramolecular Hbond substituents is 1. The van der Waals surface area contributed by atoms with Crippen molar-refractivity contribution in [3.05, 3.63) is 47.0 Å². The summed E-state index contributed by atoms with van der Waals surface area (Å²) in [5.74, 6) is 0.965. The van der Waals surface area contributed by atoms with Crippen LogP contribution in [-0.2, 0) is 0 Å². The second-order valence-electron chi connectivity index (χ2n) is 4.08. The summed E-state index contributed by atoms with van der Waals surface area (Å²) >= 11 is 5.92. The molecule has 0 spiro atoms. The largest absolute Gasteiger partial charge is 0.506 e. The van der Waals surface area contributed by atoms with Crippen molar-refractivity contribution in [2.24, 2.45) is 0 Å². The predicted octanol–water partition coefficient (Wildman–Crippen LogP) is 4.42. The van der Waals surface area contributed by atoms with Crippen LogP contribution in [0.1, 0.15) is 12.5 Å². The number of halogens is 1. The minimum atomic E-state index is 0.101. The molecular weight excluding hydrogens is 248 g/mol. The van der Waals surface area contributed by atoms with Crippen LogP contribution < -0.4 is 4.74 Å². The SMILES string of the molecule is CCOc1ccc(-c2ccc(O)c(Cl)c2)c(C)c1. The van der Waals surface area contributed by atoms with Crippen LogP contribution in [-0.4, -0.2) is 11.7 Å². The van der Waals surface area contributed by atoms with Gasteiger partial charge in [-0.2, -0.15) is 0 Å². The monoisotopic (exact) mass is 262 g/mol. The number of phenols is 1. The van der Waals surface area contributed by atoms with Crippen LogP contribution in [0.4, 0.5) is 0 Å². The molecule has 1 N–H and O–H groups in total. The number of ether oxygens (including phenoxy) is 1. The van der Waals surface area contributed by atoms with Gasteiger partial charge in [-0.3, -0.25) is 0 Å². The lowest BCUT2D eigenvalue weighted by molar-refractivity contribution is 0.340. The minimum Gasteiger partial charge on any atom is -0.506 e. The standard InChI is InChI=1S/C15H15ClO2/c1-3-18-12-5-6-13(10(2)8-12)11-4-7-15(17)14(16)9-11/h4-9,17H,3H2,1-2H3. The summed E-state index contributed by atoms with van der Waals surface area (Å²) in [6.07, 6.45) is 0. The van der Waals surface area contributed by atoms with Gasteiger partial charge in [-0.25, -0.2) is 0 Å². The van der Waals surface area contributed by atoms with E-state index < -0.39 is 0 Å². The summed E-state index contributed by atoms with van der Waals surface area (Å²) in [5, 5.41) is 9.78. The molecule has 3 heteroatoms. The Morgan fingerprint density at radius 2 is 1.94 bits per heavy atom. The number of aromatic hydroxyl groups is 1. The van der Waals surface area contributed by atoms with E-state index in [0.717, 1.165) is 22.4 Å². The van der Waals surface area contributed by atoms with Crippen LogP contribution in [0.25, 0.3) is 11.1 Å². The molecule has 0 aliphatic heterocycles. The second kappa shape index (κ2) is 5.32. The zero-order valence-electron chi connectivity index (χ0n) is 10.4. The molecule has 0 amide bonds. The Morgan fingerprint density at radius 1 is 1.17 bits per heavy atom. The maximum absolute atomic E-state index is 9.42. The topological polar surface area (TPSA) is 29.5 Å². The van der Waals surface area contributed by atoms with Crippen molar-refractivity contribution >= 4 is 11.6 Å². The first-order valence-electron chi connectivity index (χ1n) is 5.84. The molecule has 2 aromatic rings. The van der Waals surface area contributed by atoms with Gasteiger partial charge in [0.25, 0.3) is 0 Å². The quantitative estimate of drug-likeness (QED) is 0.887. The van der Waals surface area contributed by atoms with Gasteiger partial charge in [0.2, 0.25) is 0 Å². The van der Waals surface area contributed by atoms with Crippen molar-refractivity contribution in [1.82, 2.24) is 0 Å². The Labute approximate surface area is 112 Å². The summed E-state index contributed by atoms with van der Waals surface area (Å²) in [6, 6.07) is 11.2. The number of hydrogen-bond acceptors (Lipinski definition) is 2. The normalized spacial score (nSPS) is 10.4. The van der Waals surface area contributed by atoms with E-state index in [0.29, 0.717) is 11.6 Å². The first-order chi connectivity index (χ1) is 8.61. The Kier molecular flexibility index (Phi) is 3.78. The molecule has 2 aromatic carbocycles. The fourth-order valence-electron chi connectivity index (χ4n) is 1.89. The van der Waals surface area contributed by atoms with Gasteiger partial charge >= 0.3 is 0 Å². The summed E-state index contributed by atoms with van der Waals surface area (Å²) in [6.45, 7) is 4.64. The van der Waals surface area contributed by atoms with Crippen LogP contribution in [0.15, 0.2) is 36.4 Å². The molecule has 0 radical (unpaired) electrons. The second-order valence-corrected chi connectivity index (χ2v) is 4.48. The highest BCUT2D eigenvalue weighted by Crippen LogP contribution is 2.32. The highest BCUT2D eigenvalue weighted by molar-refractivity contribution is 6.32. The van der Waals surface area contributed by atoms with Gasteiger partial charge < -0.3 is 9.84 Å². The van der Waals surface area contributed by atoms with Crippen molar-refractivity contribution in [3.8, 4) is 22.6 Å². The Bertz CT molecular complexity index is 564. The maximum atomic E-state index is 9.42. The van der Waals surface area contributed by atoms with E-state index >= 15 is 0 Å². The highest BCUT2D eigenvalue weighted by atomic mass is 35.5. The van der Waals surface area contributed by atoms with Crippen molar-refractivity contribution in [3.63, 3.8) is 0 Å². The maximum Gasteiger partial charge on any atom is 0.134 e. The summed E-state index contributed by atoms with van der Waals surface area (Å²) in [7, 11) is 0. The van der Waals surface area contributed by atoms with Gasteiger partial charge in [-0.05, 0) is 54.8 Å². The van der Waals surface area contributed by atoms with Gasteiger partial charge in [0.15, 0.2) is 0 Å². The van der Waals surface area contributed by atoms with Crippen molar-refractivity contribution in [2.45, 2.75) is 13.8 Å². The molecule has 2 rings (SSSR count). The predicted molar refractivity (Wildman–Crippen MR) is 74.5 cm³/mol. The van der Waals surface area contributed by atoms with E-state index in [9.17, 15) is 5.11 Å². The van der Waals surface area contributed by atoms with Gasteiger partial charge in [0.1, 0.15) is 11.5 Å². The summed E-state index contributed by atoms with van der Waals surface area (Å²) in [4.78, 5) is 0. The van der Waals surface area contributed by atoms with Crippen LogP contribution >= 0.6 is 11.6 Å². The molecule has 0 atom stereocenters. The lowest BCUT2D eigenvalue weighted by atomic mass is 10.0. The lowest BCUT2D eigenvalue weighted by Crippen LogP contribution is -1.92. The first kappa shape index (κ1) is 12.8. The molecular formula is C15H15ClO2. The third-order valence-corrected chi connectivity index (χ3v) is 3.07. The zero-order valence-corrected chi connectivity index (χ0v) is 11.2. The molecule has 0 bridgehead atoms. The molecule has 0 aliphatic carbocycles. The summed E-state index contributed by atoms with van der Waals surface area (Å²) in [5.41, 5.74) is 3.18. The third kappa shape index (κ3) is 2.59. The van der Waals surface area contributed by atoms with Gasteiger partial charge in [-0.15, -0.1) is 0 Å². The minimum absolute atomic E-state index is 0.101. The average molecular weight is 263 g/mol. The van der Waals surface area contributed by atoms with Crippen LogP contribution in [0.5, 0.6) is 11.5 Å². The molecule has 0 fully saturated rings. The van der Waals surface area contributed by atoms with Gasteiger partial charge in [0, 0.05) is 0 Å². The van der Waals surface area contributed by atoms with E-state index in [4.69, 9.17) is 16.3 Å². The van der Waals surface area contributed by atoms with E-state index in [1.54, 1.807) is 12.1 Å². The van der Waals surface area contributed by atoms with Crippen molar-refractivity contribution < 1.29 is 9.84 Å². The zero-order chi connectivity index (χ0) is 13.1. The Balaban J connectivity index is 2.41. The smallest absolute Gasteiger partial charge is 0.134 e. The molecule has 18 heavy (non-hydrogen) atoms. The van der Waals surface area contributed by atoms with E-state index in [1.165, 1.54) is 0 Å². The first-order valence-corrected chi connectivity index (χ1v) is 6.22. The molecule has 2 nitrogen and oxygen atoms in total. The molecule has 0 heterocycles. The molecule has 0 unspecified atom stereocenters. The molecule has 0 aromatic heterocycles. The lowest BCUT2D eigenvalue weighted by Gasteiger charge is -2.10. The van der Waals surface area contributed by atoms with Crippen LogP contribution in [0.2, 0.25) is 5.02 Å². The van der Waals surface area contributed by atoms with E-state index in [-0.39, 0.29) is 5.75 Å². The van der Waals surface area contributed by atoms with Crippen molar-refractivity contribution in [2.75, 3.05) is 6.61 Å². The van der Waals surface area contributed by atoms with Gasteiger partial charge in [-0.1, -0.05) is 23.7 Å². The molecule has 0 aliphatic rings. The van der Waals surface area contributed by atoms with Crippen LogP contribution in [0.3, 0.4) is 0 Å². The molecule has 0 saturated heterocycles. The molecule has 94 valence electrons.